The zero-order valence-electron chi connectivity index (χ0n) is 16.1. The lowest BCUT2D eigenvalue weighted by atomic mass is 10.1. The Morgan fingerprint density at radius 3 is 2.67 bits per heavy atom. The molecular weight excluding hydrogens is 344 g/mol. The Kier molecular flexibility index (Phi) is 7.79. The average molecular weight is 370 g/mol. The number of benzene rings is 1. The summed E-state index contributed by atoms with van der Waals surface area (Å²) in [6.45, 7) is 4.23. The normalized spacial score (nSPS) is 11.5. The van der Waals surface area contributed by atoms with E-state index in [1.807, 2.05) is 42.5 Å². The summed E-state index contributed by atoms with van der Waals surface area (Å²) in [5.74, 6) is -0.351. The molecule has 2 aromatic rings. The summed E-state index contributed by atoms with van der Waals surface area (Å²) in [7, 11) is 1.34. The number of methoxy groups -OCH3 is 1. The topological polar surface area (TPSA) is 68.7 Å². The minimum atomic E-state index is -0.439. The second kappa shape index (κ2) is 10.3. The number of ether oxygens (including phenoxy) is 2. The van der Waals surface area contributed by atoms with Gasteiger partial charge >= 0.3 is 5.97 Å². The van der Waals surface area contributed by atoms with E-state index in [-0.39, 0.29) is 25.0 Å². The van der Waals surface area contributed by atoms with Crippen LogP contribution in [0.15, 0.2) is 48.7 Å². The number of carbonyl (C=O) groups is 2. The van der Waals surface area contributed by atoms with Gasteiger partial charge in [-0.3, -0.25) is 14.6 Å². The summed E-state index contributed by atoms with van der Waals surface area (Å²) < 4.78 is 10.4. The first-order valence-corrected chi connectivity index (χ1v) is 9.00. The number of amides is 1. The largest absolute Gasteiger partial charge is 0.484 e. The lowest BCUT2D eigenvalue weighted by Gasteiger charge is -2.25. The molecule has 6 heteroatoms. The van der Waals surface area contributed by atoms with Crippen LogP contribution in [0.3, 0.4) is 0 Å². The SMILES string of the molecule is CCc1cccc(OCC(=O)N(Cc2ccccn2)CC(C)C(=O)OC)c1. The van der Waals surface area contributed by atoms with Gasteiger partial charge in [0.25, 0.3) is 5.91 Å². The maximum absolute atomic E-state index is 12.7. The van der Waals surface area contributed by atoms with E-state index >= 15 is 0 Å². The first-order chi connectivity index (χ1) is 13.0. The highest BCUT2D eigenvalue weighted by Crippen LogP contribution is 2.14. The van der Waals surface area contributed by atoms with Crippen LogP contribution in [0.5, 0.6) is 5.75 Å². The van der Waals surface area contributed by atoms with Crippen LogP contribution < -0.4 is 4.74 Å². The molecule has 0 spiro atoms. The highest BCUT2D eigenvalue weighted by atomic mass is 16.5. The molecule has 0 aliphatic carbocycles. The van der Waals surface area contributed by atoms with Gasteiger partial charge in [-0.05, 0) is 36.2 Å². The predicted molar refractivity (Wildman–Crippen MR) is 102 cm³/mol. The van der Waals surface area contributed by atoms with E-state index in [0.29, 0.717) is 12.3 Å². The molecule has 6 nitrogen and oxygen atoms in total. The molecule has 0 aliphatic heterocycles. The molecule has 1 heterocycles. The molecule has 2 rings (SSSR count). The van der Waals surface area contributed by atoms with Crippen molar-refractivity contribution in [3.8, 4) is 5.75 Å². The Labute approximate surface area is 160 Å². The third-order valence-corrected chi connectivity index (χ3v) is 4.20. The number of nitrogens with zero attached hydrogens (tertiary/aromatic N) is 2. The molecule has 1 aromatic carbocycles. The van der Waals surface area contributed by atoms with Crippen LogP contribution in [-0.2, 0) is 27.3 Å². The van der Waals surface area contributed by atoms with Crippen LogP contribution in [0, 0.1) is 5.92 Å². The molecule has 0 bridgehead atoms. The quantitative estimate of drug-likeness (QED) is 0.635. The van der Waals surface area contributed by atoms with E-state index in [1.165, 1.54) is 7.11 Å². The van der Waals surface area contributed by atoms with Gasteiger partial charge in [0.05, 0.1) is 25.3 Å². The van der Waals surface area contributed by atoms with Crippen LogP contribution in [-0.4, -0.2) is 42.0 Å². The number of aryl methyl sites for hydroxylation is 1. The van der Waals surface area contributed by atoms with E-state index in [2.05, 4.69) is 11.9 Å². The first kappa shape index (κ1) is 20.4. The van der Waals surface area contributed by atoms with Crippen molar-refractivity contribution < 1.29 is 19.1 Å². The number of hydrogen-bond donors (Lipinski definition) is 0. The van der Waals surface area contributed by atoms with Crippen LogP contribution in [0.25, 0.3) is 0 Å². The highest BCUT2D eigenvalue weighted by molar-refractivity contribution is 5.79. The number of rotatable bonds is 9. The number of carbonyl (C=O) groups excluding carboxylic acids is 2. The summed E-state index contributed by atoms with van der Waals surface area (Å²) in [5.41, 5.74) is 1.89. The van der Waals surface area contributed by atoms with Crippen molar-refractivity contribution in [3.05, 3.63) is 59.9 Å². The van der Waals surface area contributed by atoms with Gasteiger partial charge in [0, 0.05) is 12.7 Å². The van der Waals surface area contributed by atoms with E-state index in [4.69, 9.17) is 9.47 Å². The van der Waals surface area contributed by atoms with E-state index in [1.54, 1.807) is 18.0 Å². The number of pyridine rings is 1. The maximum atomic E-state index is 12.7. The van der Waals surface area contributed by atoms with Gasteiger partial charge in [0.1, 0.15) is 5.75 Å². The summed E-state index contributed by atoms with van der Waals surface area (Å²) in [5, 5.41) is 0. The minimum Gasteiger partial charge on any atom is -0.484 e. The van der Waals surface area contributed by atoms with Gasteiger partial charge in [-0.1, -0.05) is 32.0 Å². The molecule has 0 saturated carbocycles. The number of aromatic nitrogens is 1. The number of hydrogen-bond acceptors (Lipinski definition) is 5. The maximum Gasteiger partial charge on any atom is 0.310 e. The van der Waals surface area contributed by atoms with Crippen LogP contribution in [0.1, 0.15) is 25.1 Å². The van der Waals surface area contributed by atoms with Crippen LogP contribution in [0.2, 0.25) is 0 Å². The monoisotopic (exact) mass is 370 g/mol. The van der Waals surface area contributed by atoms with E-state index in [0.717, 1.165) is 17.7 Å². The molecular formula is C21H26N2O4. The van der Waals surface area contributed by atoms with Crippen molar-refractivity contribution in [2.24, 2.45) is 5.92 Å². The van der Waals surface area contributed by atoms with Gasteiger partial charge in [-0.15, -0.1) is 0 Å². The van der Waals surface area contributed by atoms with Crippen LogP contribution in [0.4, 0.5) is 0 Å². The van der Waals surface area contributed by atoms with Gasteiger partial charge in [-0.2, -0.15) is 0 Å². The smallest absolute Gasteiger partial charge is 0.310 e. The van der Waals surface area contributed by atoms with Gasteiger partial charge < -0.3 is 14.4 Å². The first-order valence-electron chi connectivity index (χ1n) is 9.00. The Morgan fingerprint density at radius 1 is 1.19 bits per heavy atom. The molecule has 144 valence electrons. The lowest BCUT2D eigenvalue weighted by Crippen LogP contribution is -2.39. The van der Waals surface area contributed by atoms with Crippen molar-refractivity contribution >= 4 is 11.9 Å². The Bertz CT molecular complexity index is 749. The zero-order valence-corrected chi connectivity index (χ0v) is 16.1. The summed E-state index contributed by atoms with van der Waals surface area (Å²) in [4.78, 5) is 30.3. The summed E-state index contributed by atoms with van der Waals surface area (Å²) in [6, 6.07) is 13.2. The zero-order chi connectivity index (χ0) is 19.6. The van der Waals surface area contributed by atoms with Crippen molar-refractivity contribution in [2.75, 3.05) is 20.3 Å². The molecule has 27 heavy (non-hydrogen) atoms. The van der Waals surface area contributed by atoms with Crippen molar-refractivity contribution in [2.45, 2.75) is 26.8 Å². The molecule has 1 atom stereocenters. The molecule has 0 fully saturated rings. The van der Waals surface area contributed by atoms with Gasteiger partial charge in [0.2, 0.25) is 0 Å². The second-order valence-electron chi connectivity index (χ2n) is 6.31. The molecule has 0 N–H and O–H groups in total. The molecule has 0 radical (unpaired) electrons. The predicted octanol–water partition coefficient (Wildman–Crippen LogP) is 2.86. The second-order valence-corrected chi connectivity index (χ2v) is 6.31. The molecule has 1 amide bonds. The standard InChI is InChI=1S/C21H26N2O4/c1-4-17-8-7-10-19(12-17)27-15-20(24)23(13-16(2)21(25)26-3)14-18-9-5-6-11-22-18/h5-12,16H,4,13-15H2,1-3H3. The van der Waals surface area contributed by atoms with Crippen molar-refractivity contribution in [1.82, 2.24) is 9.88 Å². The fourth-order valence-electron chi connectivity index (χ4n) is 2.64. The molecule has 0 aliphatic rings. The van der Waals surface area contributed by atoms with Crippen molar-refractivity contribution in [1.29, 1.82) is 0 Å². The Morgan fingerprint density at radius 2 is 2.00 bits per heavy atom. The third-order valence-electron chi connectivity index (χ3n) is 4.20. The fraction of sp³-hybridized carbons (Fsp3) is 0.381. The molecule has 1 aromatic heterocycles. The molecule has 1 unspecified atom stereocenters. The Balaban J connectivity index is 2.05. The van der Waals surface area contributed by atoms with Gasteiger partial charge in [0.15, 0.2) is 6.61 Å². The van der Waals surface area contributed by atoms with Gasteiger partial charge in [-0.25, -0.2) is 0 Å². The summed E-state index contributed by atoms with van der Waals surface area (Å²) in [6.07, 6.45) is 2.57. The average Bonchev–Trinajstić information content (AvgIpc) is 2.71. The van der Waals surface area contributed by atoms with Crippen molar-refractivity contribution in [3.63, 3.8) is 0 Å². The Hall–Kier alpha value is -2.89. The third kappa shape index (κ3) is 6.40. The fourth-order valence-corrected chi connectivity index (χ4v) is 2.64. The number of esters is 1. The lowest BCUT2D eigenvalue weighted by molar-refractivity contribution is -0.147. The minimum absolute atomic E-state index is 0.103. The van der Waals surface area contributed by atoms with Crippen LogP contribution >= 0.6 is 0 Å². The molecule has 0 saturated heterocycles. The summed E-state index contributed by atoms with van der Waals surface area (Å²) >= 11 is 0. The van der Waals surface area contributed by atoms with E-state index < -0.39 is 5.92 Å². The van der Waals surface area contributed by atoms with E-state index in [9.17, 15) is 9.59 Å². The highest BCUT2D eigenvalue weighted by Gasteiger charge is 2.22.